The third-order valence-electron chi connectivity index (χ3n) is 5.79. The van der Waals surface area contributed by atoms with Crippen LogP contribution in [0.1, 0.15) is 6.42 Å². The molecule has 0 unspecified atom stereocenters. The zero-order valence-electron chi connectivity index (χ0n) is 18.3. The highest BCUT2D eigenvalue weighted by Gasteiger charge is 2.19. The van der Waals surface area contributed by atoms with Crippen molar-refractivity contribution in [3.8, 4) is 21.9 Å². The van der Waals surface area contributed by atoms with Crippen molar-refractivity contribution in [2.24, 2.45) is 4.99 Å². The molecule has 170 valence electrons. The number of benzene rings is 2. The number of halogens is 1. The highest BCUT2D eigenvalue weighted by molar-refractivity contribution is 7.13. The fraction of sp³-hybridized carbons (Fsp3) is 0.280. The molecule has 0 aliphatic carbocycles. The number of anilines is 1. The minimum Gasteiger partial charge on any atom is -0.493 e. The van der Waals surface area contributed by atoms with Gasteiger partial charge in [0.05, 0.1) is 23.5 Å². The van der Waals surface area contributed by atoms with Crippen LogP contribution in [0.3, 0.4) is 0 Å². The Bertz CT molecular complexity index is 1290. The lowest BCUT2D eigenvalue weighted by atomic mass is 10.2. The molecule has 1 saturated heterocycles. The largest absolute Gasteiger partial charge is 0.493 e. The second-order valence-electron chi connectivity index (χ2n) is 8.01. The van der Waals surface area contributed by atoms with E-state index in [0.717, 1.165) is 39.3 Å². The first-order valence-corrected chi connectivity index (χ1v) is 12.0. The Morgan fingerprint density at radius 1 is 1.12 bits per heavy atom. The van der Waals surface area contributed by atoms with Crippen LogP contribution in [0.15, 0.2) is 53.5 Å². The van der Waals surface area contributed by atoms with Crippen LogP contribution in [-0.2, 0) is 4.79 Å². The molecule has 0 bridgehead atoms. The highest BCUT2D eigenvalue weighted by Crippen LogP contribution is 2.32. The Morgan fingerprint density at radius 3 is 2.73 bits per heavy atom. The number of likely N-dealkylation sites (tertiary alicyclic amines) is 1. The maximum Gasteiger partial charge on any atom is 0.162 e. The number of ether oxygens (including phenoxy) is 2. The predicted molar refractivity (Wildman–Crippen MR) is 132 cm³/mol. The topological polar surface area (TPSA) is 54.4 Å². The summed E-state index contributed by atoms with van der Waals surface area (Å²) in [5, 5.41) is 1.74. The Labute approximate surface area is 201 Å². The van der Waals surface area contributed by atoms with Gasteiger partial charge in [-0.25, -0.2) is 0 Å². The number of nitrogens with zero attached hydrogens (tertiary/aromatic N) is 3. The number of hydrogen-bond donors (Lipinski definition) is 0. The maximum atomic E-state index is 11.4. The molecule has 6 nitrogen and oxygen atoms in total. The van der Waals surface area contributed by atoms with Crippen molar-refractivity contribution in [3.63, 3.8) is 0 Å². The van der Waals surface area contributed by atoms with E-state index in [1.807, 2.05) is 42.5 Å². The van der Waals surface area contributed by atoms with E-state index in [-0.39, 0.29) is 0 Å². The van der Waals surface area contributed by atoms with Crippen molar-refractivity contribution >= 4 is 40.6 Å². The lowest BCUT2D eigenvalue weighted by Crippen LogP contribution is -2.32. The van der Waals surface area contributed by atoms with Crippen LogP contribution in [0.25, 0.3) is 16.6 Å². The predicted octanol–water partition coefficient (Wildman–Crippen LogP) is 3.57. The van der Waals surface area contributed by atoms with Gasteiger partial charge in [-0.2, -0.15) is 0 Å². The van der Waals surface area contributed by atoms with Gasteiger partial charge in [-0.3, -0.25) is 14.7 Å². The quantitative estimate of drug-likeness (QED) is 0.516. The smallest absolute Gasteiger partial charge is 0.162 e. The van der Waals surface area contributed by atoms with Gasteiger partial charge in [0.2, 0.25) is 0 Å². The Morgan fingerprint density at radius 2 is 1.97 bits per heavy atom. The molecule has 3 heterocycles. The Hall–Kier alpha value is -2.87. The number of rotatable bonds is 7. The average molecular weight is 482 g/mol. The van der Waals surface area contributed by atoms with Gasteiger partial charge < -0.3 is 14.4 Å². The number of carbonyl (C=O) groups excluding carboxylic acids is 1. The number of thiophene rings is 1. The molecule has 0 N–H and O–H groups in total. The lowest BCUT2D eigenvalue weighted by Gasteiger charge is -2.21. The summed E-state index contributed by atoms with van der Waals surface area (Å²) in [6.45, 7) is 3.12. The summed E-state index contributed by atoms with van der Waals surface area (Å²) in [4.78, 5) is 21.6. The van der Waals surface area contributed by atoms with Crippen LogP contribution in [0.4, 0.5) is 5.69 Å². The summed E-state index contributed by atoms with van der Waals surface area (Å²) in [5.74, 6) is 1.68. The van der Waals surface area contributed by atoms with Gasteiger partial charge in [-0.05, 0) is 35.9 Å². The van der Waals surface area contributed by atoms with Crippen molar-refractivity contribution in [2.75, 3.05) is 44.9 Å². The molecule has 5 rings (SSSR count). The van der Waals surface area contributed by atoms with Crippen molar-refractivity contribution in [1.82, 2.24) is 4.90 Å². The molecule has 1 aromatic heterocycles. The minimum absolute atomic E-state index is 0.300. The summed E-state index contributed by atoms with van der Waals surface area (Å²) in [5.41, 5.74) is 2.12. The molecule has 0 amide bonds. The first-order valence-electron chi connectivity index (χ1n) is 10.8. The third-order valence-corrected chi connectivity index (χ3v) is 7.15. The van der Waals surface area contributed by atoms with E-state index in [0.29, 0.717) is 43.5 Å². The van der Waals surface area contributed by atoms with E-state index in [1.165, 1.54) is 4.88 Å². The van der Waals surface area contributed by atoms with Gasteiger partial charge in [-0.15, -0.1) is 11.3 Å². The van der Waals surface area contributed by atoms with Crippen LogP contribution in [-0.4, -0.2) is 50.7 Å². The fourth-order valence-electron chi connectivity index (χ4n) is 3.98. The van der Waals surface area contributed by atoms with Crippen LogP contribution < -0.4 is 24.3 Å². The number of methoxy groups -OCH3 is 1. The second-order valence-corrected chi connectivity index (χ2v) is 9.53. The molecule has 2 aromatic carbocycles. The summed E-state index contributed by atoms with van der Waals surface area (Å²) in [7, 11) is 1.64. The van der Waals surface area contributed by atoms with Gasteiger partial charge in [-0.1, -0.05) is 23.7 Å². The zero-order chi connectivity index (χ0) is 22.8. The second kappa shape index (κ2) is 9.55. The molecule has 33 heavy (non-hydrogen) atoms. The van der Waals surface area contributed by atoms with Gasteiger partial charge in [0.15, 0.2) is 11.5 Å². The summed E-state index contributed by atoms with van der Waals surface area (Å²) in [6.07, 6.45) is 2.77. The van der Waals surface area contributed by atoms with Crippen LogP contribution in [0.2, 0.25) is 5.02 Å². The molecule has 0 radical (unpaired) electrons. The fourth-order valence-corrected chi connectivity index (χ4v) is 5.17. The summed E-state index contributed by atoms with van der Waals surface area (Å²) < 4.78 is 12.6. The van der Waals surface area contributed by atoms with Gasteiger partial charge in [0, 0.05) is 47.4 Å². The van der Waals surface area contributed by atoms with E-state index in [4.69, 9.17) is 26.1 Å². The third kappa shape index (κ3) is 4.90. The van der Waals surface area contributed by atoms with Crippen molar-refractivity contribution < 1.29 is 14.3 Å². The monoisotopic (exact) mass is 481 g/mol. The summed E-state index contributed by atoms with van der Waals surface area (Å²) >= 11 is 7.73. The minimum atomic E-state index is 0.300. The lowest BCUT2D eigenvalue weighted by molar-refractivity contribution is -0.116. The SMILES string of the molecule is COc1cc(N2C=c3sc(-c4ccc(Cl)cc4)cc3=NC2)ccc1OCCN1CCC(=O)C1. The van der Waals surface area contributed by atoms with E-state index >= 15 is 0 Å². The molecule has 2 aliphatic rings. The summed E-state index contributed by atoms with van der Waals surface area (Å²) in [6, 6.07) is 15.9. The molecular weight excluding hydrogens is 458 g/mol. The molecule has 1 fully saturated rings. The van der Waals surface area contributed by atoms with Crippen molar-refractivity contribution in [3.05, 3.63) is 63.4 Å². The molecule has 0 saturated carbocycles. The van der Waals surface area contributed by atoms with E-state index in [2.05, 4.69) is 22.1 Å². The van der Waals surface area contributed by atoms with E-state index in [9.17, 15) is 4.79 Å². The molecule has 0 spiro atoms. The first kappa shape index (κ1) is 21.9. The average Bonchev–Trinajstić information content (AvgIpc) is 3.45. The van der Waals surface area contributed by atoms with Crippen molar-refractivity contribution in [2.45, 2.75) is 6.42 Å². The standard InChI is InChI=1S/C25H24ClN3O3S/c1-31-23-12-19(6-7-22(23)32-11-10-28-9-8-20(30)14-28)29-15-25-21(27-16-29)13-24(33-25)17-2-4-18(26)5-3-17/h2-7,12-13,15H,8-11,14,16H2,1H3. The molecule has 8 heteroatoms. The number of ketones is 1. The molecule has 3 aromatic rings. The van der Waals surface area contributed by atoms with Crippen LogP contribution in [0, 0.1) is 0 Å². The Kier molecular flexibility index (Phi) is 6.35. The number of Topliss-reactive ketones (excluding diaryl/α,β-unsaturated/α-hetero) is 1. The van der Waals surface area contributed by atoms with Crippen LogP contribution in [0.5, 0.6) is 11.5 Å². The maximum absolute atomic E-state index is 11.4. The number of fused-ring (bicyclic) bond motifs is 1. The highest BCUT2D eigenvalue weighted by atomic mass is 35.5. The molecule has 0 atom stereocenters. The van der Waals surface area contributed by atoms with Gasteiger partial charge in [0.1, 0.15) is 19.1 Å². The molecular formula is C25H24ClN3O3S. The van der Waals surface area contributed by atoms with Gasteiger partial charge in [0.25, 0.3) is 0 Å². The van der Waals surface area contributed by atoms with E-state index < -0.39 is 0 Å². The molecule has 2 aliphatic heterocycles. The number of carbonyl (C=O) groups is 1. The van der Waals surface area contributed by atoms with E-state index in [1.54, 1.807) is 18.4 Å². The van der Waals surface area contributed by atoms with Crippen LogP contribution >= 0.6 is 22.9 Å². The van der Waals surface area contributed by atoms with Crippen molar-refractivity contribution in [1.29, 1.82) is 0 Å². The Balaban J connectivity index is 1.31. The number of hydrogen-bond acceptors (Lipinski definition) is 7. The van der Waals surface area contributed by atoms with Gasteiger partial charge >= 0.3 is 0 Å². The first-order chi connectivity index (χ1) is 16.1. The zero-order valence-corrected chi connectivity index (χ0v) is 19.9. The normalized spacial score (nSPS) is 15.7.